The number of hydrogen-bond acceptors (Lipinski definition) is 2. The zero-order chi connectivity index (χ0) is 18.6. The molecule has 0 aromatic heterocycles. The maximum atomic E-state index is 13.3. The Morgan fingerprint density at radius 3 is 2.11 bits per heavy atom. The molecule has 0 spiro atoms. The molecular weight excluding hydrogens is 330 g/mol. The molecular formula is C25H31NO. The Morgan fingerprint density at radius 1 is 0.778 bits per heavy atom. The monoisotopic (exact) mass is 361 g/mol. The normalized spacial score (nSPS) is 19.1. The highest BCUT2D eigenvalue weighted by Gasteiger charge is 2.24. The Bertz CT molecular complexity index is 798. The molecule has 142 valence electrons. The van der Waals surface area contributed by atoms with Crippen molar-refractivity contribution in [1.82, 2.24) is 0 Å². The predicted molar refractivity (Wildman–Crippen MR) is 112 cm³/mol. The summed E-state index contributed by atoms with van der Waals surface area (Å²) in [6.07, 6.45) is 13.0. The third-order valence-corrected chi connectivity index (χ3v) is 6.59. The van der Waals surface area contributed by atoms with Gasteiger partial charge in [0.1, 0.15) is 0 Å². The predicted octanol–water partition coefficient (Wildman–Crippen LogP) is 6.60. The van der Waals surface area contributed by atoms with E-state index in [0.29, 0.717) is 23.1 Å². The van der Waals surface area contributed by atoms with Crippen LogP contribution in [0.5, 0.6) is 0 Å². The van der Waals surface area contributed by atoms with Crippen LogP contribution < -0.4 is 5.73 Å². The number of benzene rings is 2. The van der Waals surface area contributed by atoms with E-state index in [1.54, 1.807) is 0 Å². The van der Waals surface area contributed by atoms with Crippen LogP contribution in [0.3, 0.4) is 0 Å². The molecule has 0 atom stereocenters. The van der Waals surface area contributed by atoms with Gasteiger partial charge in [0.05, 0.1) is 0 Å². The lowest BCUT2D eigenvalue weighted by molar-refractivity contribution is 0.103. The van der Waals surface area contributed by atoms with Crippen molar-refractivity contribution in [1.29, 1.82) is 0 Å². The van der Waals surface area contributed by atoms with Crippen LogP contribution in [0.25, 0.3) is 0 Å². The van der Waals surface area contributed by atoms with Crippen molar-refractivity contribution in [2.24, 2.45) is 0 Å². The van der Waals surface area contributed by atoms with E-state index in [4.69, 9.17) is 5.73 Å². The second-order valence-electron chi connectivity index (χ2n) is 8.47. The largest absolute Gasteiger partial charge is 0.399 e. The van der Waals surface area contributed by atoms with Crippen LogP contribution >= 0.6 is 0 Å². The lowest BCUT2D eigenvalue weighted by atomic mass is 9.77. The number of hydrogen-bond donors (Lipinski definition) is 1. The van der Waals surface area contributed by atoms with Gasteiger partial charge in [-0.1, -0.05) is 68.9 Å². The van der Waals surface area contributed by atoms with Gasteiger partial charge < -0.3 is 5.73 Å². The van der Waals surface area contributed by atoms with Crippen LogP contribution in [0.15, 0.2) is 42.5 Å². The third kappa shape index (κ3) is 4.10. The standard InChI is InChI=1S/C25H31NO/c26-22-13-7-12-21(16-22)25(27)23-15-14-20(18-8-3-1-4-9-18)17-24(23)19-10-5-2-6-11-19/h7,12-19H,1-6,8-11,26H2. The van der Waals surface area contributed by atoms with Crippen molar-refractivity contribution in [2.75, 3.05) is 5.73 Å². The van der Waals surface area contributed by atoms with Crippen LogP contribution in [-0.2, 0) is 0 Å². The zero-order valence-corrected chi connectivity index (χ0v) is 16.3. The van der Waals surface area contributed by atoms with Gasteiger partial charge in [0.15, 0.2) is 5.78 Å². The Kier molecular flexibility index (Phi) is 5.61. The van der Waals surface area contributed by atoms with Gasteiger partial charge in [0.2, 0.25) is 0 Å². The second-order valence-corrected chi connectivity index (χ2v) is 8.47. The summed E-state index contributed by atoms with van der Waals surface area (Å²) < 4.78 is 0. The van der Waals surface area contributed by atoms with Crippen molar-refractivity contribution in [3.05, 3.63) is 64.7 Å². The SMILES string of the molecule is Nc1cccc(C(=O)c2ccc(C3CCCCC3)cc2C2CCCCC2)c1. The Morgan fingerprint density at radius 2 is 1.44 bits per heavy atom. The molecule has 2 aromatic rings. The summed E-state index contributed by atoms with van der Waals surface area (Å²) in [7, 11) is 0. The summed E-state index contributed by atoms with van der Waals surface area (Å²) in [5.74, 6) is 1.33. The average molecular weight is 362 g/mol. The molecule has 2 aliphatic carbocycles. The molecule has 0 radical (unpaired) electrons. The van der Waals surface area contributed by atoms with Gasteiger partial charge in [-0.2, -0.15) is 0 Å². The van der Waals surface area contributed by atoms with E-state index in [1.807, 2.05) is 24.3 Å². The van der Waals surface area contributed by atoms with Crippen LogP contribution in [-0.4, -0.2) is 5.78 Å². The molecule has 2 fully saturated rings. The molecule has 2 heteroatoms. The molecule has 2 aromatic carbocycles. The summed E-state index contributed by atoms with van der Waals surface area (Å²) in [4.78, 5) is 13.3. The number of nitrogens with two attached hydrogens (primary N) is 1. The van der Waals surface area contributed by atoms with Gasteiger partial charge in [-0.05, 0) is 60.8 Å². The van der Waals surface area contributed by atoms with Gasteiger partial charge in [-0.3, -0.25) is 4.79 Å². The van der Waals surface area contributed by atoms with E-state index in [2.05, 4.69) is 18.2 Å². The lowest BCUT2D eigenvalue weighted by Gasteiger charge is -2.27. The van der Waals surface area contributed by atoms with Crippen LogP contribution in [0.1, 0.15) is 103 Å². The summed E-state index contributed by atoms with van der Waals surface area (Å²) in [6, 6.07) is 14.1. The lowest BCUT2D eigenvalue weighted by Crippen LogP contribution is -2.14. The number of anilines is 1. The van der Waals surface area contributed by atoms with Crippen LogP contribution in [0.2, 0.25) is 0 Å². The van der Waals surface area contributed by atoms with E-state index < -0.39 is 0 Å². The summed E-state index contributed by atoms with van der Waals surface area (Å²) in [6.45, 7) is 0. The summed E-state index contributed by atoms with van der Waals surface area (Å²) >= 11 is 0. The zero-order valence-electron chi connectivity index (χ0n) is 16.3. The fraction of sp³-hybridized carbons (Fsp3) is 0.480. The van der Waals surface area contributed by atoms with Gasteiger partial charge >= 0.3 is 0 Å². The third-order valence-electron chi connectivity index (χ3n) is 6.59. The van der Waals surface area contributed by atoms with Gasteiger partial charge in [0, 0.05) is 16.8 Å². The molecule has 4 rings (SSSR count). The highest BCUT2D eigenvalue weighted by Crippen LogP contribution is 2.39. The van der Waals surface area contributed by atoms with Crippen molar-refractivity contribution < 1.29 is 4.79 Å². The Hall–Kier alpha value is -2.09. The highest BCUT2D eigenvalue weighted by atomic mass is 16.1. The molecule has 0 aliphatic heterocycles. The van der Waals surface area contributed by atoms with E-state index in [1.165, 1.54) is 75.3 Å². The number of nitrogen functional groups attached to an aromatic ring is 1. The van der Waals surface area contributed by atoms with Crippen molar-refractivity contribution in [3.63, 3.8) is 0 Å². The van der Waals surface area contributed by atoms with E-state index >= 15 is 0 Å². The number of rotatable bonds is 4. The summed E-state index contributed by atoms with van der Waals surface area (Å²) in [5.41, 5.74) is 10.9. The molecule has 2 aliphatic rings. The average Bonchev–Trinajstić information content (AvgIpc) is 2.74. The number of carbonyl (C=O) groups excluding carboxylic acids is 1. The Balaban J connectivity index is 1.71. The van der Waals surface area contributed by atoms with Crippen molar-refractivity contribution in [3.8, 4) is 0 Å². The topological polar surface area (TPSA) is 43.1 Å². The molecule has 2 nitrogen and oxygen atoms in total. The van der Waals surface area contributed by atoms with Crippen LogP contribution in [0, 0.1) is 0 Å². The quantitative estimate of drug-likeness (QED) is 0.493. The fourth-order valence-electron chi connectivity index (χ4n) is 5.06. The van der Waals surface area contributed by atoms with Gasteiger partial charge in [-0.25, -0.2) is 0 Å². The molecule has 0 heterocycles. The molecule has 0 saturated heterocycles. The van der Waals surface area contributed by atoms with Gasteiger partial charge in [0.25, 0.3) is 0 Å². The first-order valence-electron chi connectivity index (χ1n) is 10.8. The maximum Gasteiger partial charge on any atom is 0.193 e. The summed E-state index contributed by atoms with van der Waals surface area (Å²) in [5, 5.41) is 0. The first-order valence-corrected chi connectivity index (χ1v) is 10.8. The van der Waals surface area contributed by atoms with Crippen molar-refractivity contribution >= 4 is 11.5 Å². The first kappa shape index (κ1) is 18.3. The van der Waals surface area contributed by atoms with E-state index in [0.717, 1.165) is 5.56 Å². The minimum Gasteiger partial charge on any atom is -0.399 e. The van der Waals surface area contributed by atoms with Crippen LogP contribution in [0.4, 0.5) is 5.69 Å². The minimum atomic E-state index is 0.123. The second kappa shape index (κ2) is 8.29. The molecule has 0 bridgehead atoms. The maximum absolute atomic E-state index is 13.3. The molecule has 2 N–H and O–H groups in total. The smallest absolute Gasteiger partial charge is 0.193 e. The fourth-order valence-corrected chi connectivity index (χ4v) is 5.06. The van der Waals surface area contributed by atoms with E-state index in [-0.39, 0.29) is 5.78 Å². The number of carbonyl (C=O) groups is 1. The molecule has 0 unspecified atom stereocenters. The van der Waals surface area contributed by atoms with Crippen molar-refractivity contribution in [2.45, 2.75) is 76.0 Å². The first-order chi connectivity index (χ1) is 13.2. The molecule has 27 heavy (non-hydrogen) atoms. The van der Waals surface area contributed by atoms with Gasteiger partial charge in [-0.15, -0.1) is 0 Å². The number of ketones is 1. The highest BCUT2D eigenvalue weighted by molar-refractivity contribution is 6.10. The molecule has 2 saturated carbocycles. The molecule has 0 amide bonds. The Labute approximate surface area is 163 Å². The van der Waals surface area contributed by atoms with E-state index in [9.17, 15) is 4.79 Å². The minimum absolute atomic E-state index is 0.123.